The van der Waals surface area contributed by atoms with E-state index in [1.807, 2.05) is 25.5 Å². The van der Waals surface area contributed by atoms with Crippen molar-refractivity contribution >= 4 is 10.8 Å². The lowest BCUT2D eigenvalue weighted by atomic mass is 10.0. The lowest BCUT2D eigenvalue weighted by Gasteiger charge is -2.18. The fourth-order valence-electron chi connectivity index (χ4n) is 2.63. The van der Waals surface area contributed by atoms with Gasteiger partial charge in [-0.25, -0.2) is 0 Å². The lowest BCUT2D eigenvalue weighted by molar-refractivity contribution is 0.535. The maximum absolute atomic E-state index is 4.61. The van der Waals surface area contributed by atoms with Crippen LogP contribution in [-0.4, -0.2) is 26.5 Å². The number of rotatable bonds is 5. The highest BCUT2D eigenvalue weighted by molar-refractivity contribution is 5.84. The van der Waals surface area contributed by atoms with E-state index in [2.05, 4.69) is 51.8 Å². The van der Waals surface area contributed by atoms with Crippen molar-refractivity contribution in [2.45, 2.75) is 19.4 Å². The van der Waals surface area contributed by atoms with Crippen molar-refractivity contribution in [2.24, 2.45) is 7.05 Å². The van der Waals surface area contributed by atoms with Crippen molar-refractivity contribution in [3.8, 4) is 0 Å². The van der Waals surface area contributed by atoms with Gasteiger partial charge in [0.15, 0.2) is 0 Å². The molecule has 1 atom stereocenters. The minimum absolute atomic E-state index is 0.137. The van der Waals surface area contributed by atoms with Gasteiger partial charge in [0.25, 0.3) is 0 Å². The molecule has 1 N–H and O–H groups in total. The third-order valence-corrected chi connectivity index (χ3v) is 3.55. The molecule has 0 fully saturated rings. The van der Waals surface area contributed by atoms with Gasteiger partial charge >= 0.3 is 0 Å². The Morgan fingerprint density at radius 2 is 2.10 bits per heavy atom. The molecule has 0 saturated carbocycles. The number of pyridine rings is 1. The molecule has 0 spiro atoms. The summed E-state index contributed by atoms with van der Waals surface area (Å²) in [5.41, 5.74) is 2.04. The molecule has 3 rings (SSSR count). The molecule has 0 bridgehead atoms. The minimum atomic E-state index is 0.137. The van der Waals surface area contributed by atoms with Gasteiger partial charge in [0.1, 0.15) is 0 Å². The summed E-state index contributed by atoms with van der Waals surface area (Å²) in [6, 6.07) is 10.5. The summed E-state index contributed by atoms with van der Waals surface area (Å²) < 4.78 is 1.73. The smallest absolute Gasteiger partial charge is 0.0846 e. The van der Waals surface area contributed by atoms with Gasteiger partial charge in [-0.2, -0.15) is 0 Å². The van der Waals surface area contributed by atoms with Gasteiger partial charge < -0.3 is 5.32 Å². The first kappa shape index (κ1) is 13.7. The number of likely N-dealkylation sites (N-methyl/N-ethyl adjacent to an activating group) is 1. The lowest BCUT2D eigenvalue weighted by Crippen LogP contribution is -2.24. The van der Waals surface area contributed by atoms with Crippen LogP contribution in [-0.2, 0) is 13.5 Å². The van der Waals surface area contributed by atoms with Crippen LogP contribution in [0.1, 0.15) is 24.4 Å². The van der Waals surface area contributed by atoms with Crippen molar-refractivity contribution in [2.75, 3.05) is 6.54 Å². The SMILES string of the molecule is CCNC(Cc1cn(C)nn1)c1nccc2ccccc12. The molecule has 0 aliphatic heterocycles. The summed E-state index contributed by atoms with van der Waals surface area (Å²) >= 11 is 0. The zero-order chi connectivity index (χ0) is 14.7. The highest BCUT2D eigenvalue weighted by atomic mass is 15.4. The molecule has 0 amide bonds. The van der Waals surface area contributed by atoms with Crippen LogP contribution in [0.2, 0.25) is 0 Å². The summed E-state index contributed by atoms with van der Waals surface area (Å²) in [4.78, 5) is 4.61. The number of nitrogens with one attached hydrogen (secondary N) is 1. The van der Waals surface area contributed by atoms with E-state index in [4.69, 9.17) is 0 Å². The first-order valence-corrected chi connectivity index (χ1v) is 7.20. The summed E-state index contributed by atoms with van der Waals surface area (Å²) in [5, 5.41) is 14.1. The molecule has 2 aromatic heterocycles. The Hall–Kier alpha value is -2.27. The summed E-state index contributed by atoms with van der Waals surface area (Å²) in [6.07, 6.45) is 4.61. The predicted octanol–water partition coefficient (Wildman–Crippen LogP) is 2.26. The molecule has 0 radical (unpaired) electrons. The van der Waals surface area contributed by atoms with Crippen molar-refractivity contribution in [3.63, 3.8) is 0 Å². The van der Waals surface area contributed by atoms with Crippen LogP contribution in [0.25, 0.3) is 10.8 Å². The largest absolute Gasteiger partial charge is 0.309 e. The number of aryl methyl sites for hydroxylation is 1. The molecular formula is C16H19N5. The first-order valence-electron chi connectivity index (χ1n) is 7.20. The van der Waals surface area contributed by atoms with E-state index in [-0.39, 0.29) is 6.04 Å². The third kappa shape index (κ3) is 2.92. The van der Waals surface area contributed by atoms with E-state index in [1.165, 1.54) is 10.8 Å². The standard InChI is InChI=1S/C16H19N5/c1-3-17-15(10-13-11-21(2)20-19-13)16-14-7-5-4-6-12(14)8-9-18-16/h4-9,11,15,17H,3,10H2,1-2H3. The van der Waals surface area contributed by atoms with Gasteiger partial charge in [-0.15, -0.1) is 5.10 Å². The Morgan fingerprint density at radius 3 is 2.86 bits per heavy atom. The van der Waals surface area contributed by atoms with Crippen molar-refractivity contribution < 1.29 is 0 Å². The molecule has 5 nitrogen and oxygen atoms in total. The average molecular weight is 281 g/mol. The van der Waals surface area contributed by atoms with Crippen LogP contribution in [0.3, 0.4) is 0 Å². The Morgan fingerprint density at radius 1 is 1.24 bits per heavy atom. The zero-order valence-electron chi connectivity index (χ0n) is 12.3. The van der Waals surface area contributed by atoms with E-state index >= 15 is 0 Å². The van der Waals surface area contributed by atoms with Crippen molar-refractivity contribution in [3.05, 3.63) is 54.1 Å². The summed E-state index contributed by atoms with van der Waals surface area (Å²) in [7, 11) is 1.88. The highest BCUT2D eigenvalue weighted by Gasteiger charge is 2.17. The van der Waals surface area contributed by atoms with Gasteiger partial charge in [-0.3, -0.25) is 9.67 Å². The molecule has 1 aromatic carbocycles. The van der Waals surface area contributed by atoms with E-state index < -0.39 is 0 Å². The fourth-order valence-corrected chi connectivity index (χ4v) is 2.63. The van der Waals surface area contributed by atoms with E-state index in [1.54, 1.807) is 4.68 Å². The van der Waals surface area contributed by atoms with Crippen LogP contribution < -0.4 is 5.32 Å². The Balaban J connectivity index is 1.98. The normalized spacial score (nSPS) is 12.7. The number of nitrogens with zero attached hydrogens (tertiary/aromatic N) is 4. The van der Waals surface area contributed by atoms with Crippen LogP contribution in [0, 0.1) is 0 Å². The quantitative estimate of drug-likeness (QED) is 0.779. The van der Waals surface area contributed by atoms with Gasteiger partial charge in [0.2, 0.25) is 0 Å². The molecular weight excluding hydrogens is 262 g/mol. The Kier molecular flexibility index (Phi) is 3.92. The van der Waals surface area contributed by atoms with Gasteiger partial charge in [-0.1, -0.05) is 36.4 Å². The number of fused-ring (bicyclic) bond motifs is 1. The molecule has 0 saturated heterocycles. The zero-order valence-corrected chi connectivity index (χ0v) is 12.3. The van der Waals surface area contributed by atoms with Gasteiger partial charge in [0, 0.05) is 31.2 Å². The van der Waals surface area contributed by atoms with E-state index in [9.17, 15) is 0 Å². The highest BCUT2D eigenvalue weighted by Crippen LogP contribution is 2.24. The van der Waals surface area contributed by atoms with Gasteiger partial charge in [0.05, 0.1) is 17.4 Å². The van der Waals surface area contributed by atoms with Crippen LogP contribution in [0.15, 0.2) is 42.7 Å². The second-order valence-corrected chi connectivity index (χ2v) is 5.12. The maximum Gasteiger partial charge on any atom is 0.0846 e. The molecule has 0 aliphatic carbocycles. The molecule has 0 aliphatic rings. The molecule has 21 heavy (non-hydrogen) atoms. The van der Waals surface area contributed by atoms with Crippen LogP contribution in [0.5, 0.6) is 0 Å². The predicted molar refractivity (Wildman–Crippen MR) is 82.9 cm³/mol. The van der Waals surface area contributed by atoms with Crippen molar-refractivity contribution in [1.29, 1.82) is 0 Å². The number of hydrogen-bond donors (Lipinski definition) is 1. The average Bonchev–Trinajstić information content (AvgIpc) is 2.91. The van der Waals surface area contributed by atoms with Gasteiger partial charge in [-0.05, 0) is 18.0 Å². The fraction of sp³-hybridized carbons (Fsp3) is 0.312. The number of aromatic nitrogens is 4. The van der Waals surface area contributed by atoms with Crippen LogP contribution in [0.4, 0.5) is 0 Å². The third-order valence-electron chi connectivity index (χ3n) is 3.55. The monoisotopic (exact) mass is 281 g/mol. The molecule has 5 heteroatoms. The second-order valence-electron chi connectivity index (χ2n) is 5.12. The van der Waals surface area contributed by atoms with Crippen LogP contribution >= 0.6 is 0 Å². The number of hydrogen-bond acceptors (Lipinski definition) is 4. The summed E-state index contributed by atoms with van der Waals surface area (Å²) in [5.74, 6) is 0. The Bertz CT molecular complexity index is 729. The van der Waals surface area contributed by atoms with E-state index in [0.29, 0.717) is 0 Å². The Labute approximate surface area is 124 Å². The molecule has 3 aromatic rings. The maximum atomic E-state index is 4.61. The second kappa shape index (κ2) is 6.01. The molecule has 108 valence electrons. The first-order chi connectivity index (χ1) is 10.3. The molecule has 1 unspecified atom stereocenters. The number of benzene rings is 1. The summed E-state index contributed by atoms with van der Waals surface area (Å²) in [6.45, 7) is 2.99. The minimum Gasteiger partial charge on any atom is -0.309 e. The van der Waals surface area contributed by atoms with E-state index in [0.717, 1.165) is 24.4 Å². The molecule has 2 heterocycles. The van der Waals surface area contributed by atoms with Crippen molar-refractivity contribution in [1.82, 2.24) is 25.3 Å². The topological polar surface area (TPSA) is 55.6 Å².